The molecule has 0 saturated carbocycles. The van der Waals surface area contributed by atoms with Crippen LogP contribution in [0.3, 0.4) is 0 Å². The van der Waals surface area contributed by atoms with Crippen LogP contribution in [0.5, 0.6) is 0 Å². The van der Waals surface area contributed by atoms with Crippen molar-refractivity contribution in [2.75, 3.05) is 26.7 Å². The Labute approximate surface area is 158 Å². The summed E-state index contributed by atoms with van der Waals surface area (Å²) in [5.41, 5.74) is 3.25. The molecule has 27 heavy (non-hydrogen) atoms. The summed E-state index contributed by atoms with van der Waals surface area (Å²) in [5.74, 6) is 0.347. The number of rotatable bonds is 4. The van der Waals surface area contributed by atoms with Crippen LogP contribution >= 0.6 is 0 Å². The van der Waals surface area contributed by atoms with Crippen molar-refractivity contribution in [1.82, 2.24) is 14.8 Å². The highest BCUT2D eigenvalue weighted by molar-refractivity contribution is 5.93. The van der Waals surface area contributed by atoms with Gasteiger partial charge in [0.05, 0.1) is 5.92 Å². The highest BCUT2D eigenvalue weighted by Crippen LogP contribution is 2.36. The number of hydrogen-bond donors (Lipinski definition) is 1. The number of hydrogen-bond acceptors (Lipinski definition) is 3. The summed E-state index contributed by atoms with van der Waals surface area (Å²) in [6.07, 6.45) is 1.71. The first-order valence-electron chi connectivity index (χ1n) is 9.28. The van der Waals surface area contributed by atoms with E-state index in [1.807, 2.05) is 36.2 Å². The van der Waals surface area contributed by atoms with E-state index in [9.17, 15) is 9.59 Å². The van der Waals surface area contributed by atoms with Crippen molar-refractivity contribution >= 4 is 11.8 Å². The predicted octanol–water partition coefficient (Wildman–Crippen LogP) is 2.15. The first-order chi connectivity index (χ1) is 13.1. The molecule has 4 rings (SSSR count). The van der Waals surface area contributed by atoms with Gasteiger partial charge in [0.15, 0.2) is 0 Å². The number of H-pyrrole nitrogens is 1. The lowest BCUT2D eigenvalue weighted by Crippen LogP contribution is -2.40. The van der Waals surface area contributed by atoms with Crippen LogP contribution in [0.2, 0.25) is 0 Å². The zero-order valence-electron chi connectivity index (χ0n) is 15.3. The Balaban J connectivity index is 1.32. The van der Waals surface area contributed by atoms with Crippen molar-refractivity contribution < 1.29 is 9.59 Å². The molecule has 138 valence electrons. The summed E-state index contributed by atoms with van der Waals surface area (Å²) in [6.45, 7) is 1.98. The number of nitrogens with zero attached hydrogens (tertiary/aromatic N) is 3. The van der Waals surface area contributed by atoms with Gasteiger partial charge in [0.2, 0.25) is 5.91 Å². The van der Waals surface area contributed by atoms with E-state index in [4.69, 9.17) is 5.26 Å². The molecule has 1 fully saturated rings. The zero-order chi connectivity index (χ0) is 19.0. The number of nitrogens with one attached hydrogen (secondary N) is 1. The number of benzene rings is 1. The van der Waals surface area contributed by atoms with Gasteiger partial charge in [-0.1, -0.05) is 24.3 Å². The van der Waals surface area contributed by atoms with Gasteiger partial charge in [-0.2, -0.15) is 5.26 Å². The van der Waals surface area contributed by atoms with E-state index >= 15 is 0 Å². The molecule has 6 heteroatoms. The Morgan fingerprint density at radius 1 is 1.30 bits per heavy atom. The Morgan fingerprint density at radius 2 is 2.11 bits per heavy atom. The number of fused-ring (bicyclic) bond motifs is 1. The number of amides is 2. The highest BCUT2D eigenvalue weighted by Gasteiger charge is 2.35. The molecule has 1 aromatic heterocycles. The third kappa shape index (κ3) is 3.21. The van der Waals surface area contributed by atoms with Crippen LogP contribution in [0.1, 0.15) is 39.6 Å². The fourth-order valence-corrected chi connectivity index (χ4v) is 4.14. The zero-order valence-corrected chi connectivity index (χ0v) is 15.3. The van der Waals surface area contributed by atoms with Crippen molar-refractivity contribution in [2.45, 2.75) is 18.8 Å². The minimum absolute atomic E-state index is 0.0198. The molecule has 0 radical (unpaired) electrons. The van der Waals surface area contributed by atoms with Gasteiger partial charge in [0.25, 0.3) is 5.91 Å². The number of aromatic nitrogens is 1. The first kappa shape index (κ1) is 17.3. The van der Waals surface area contributed by atoms with Crippen molar-refractivity contribution in [3.8, 4) is 6.07 Å². The van der Waals surface area contributed by atoms with Crippen molar-refractivity contribution in [3.05, 3.63) is 58.9 Å². The van der Waals surface area contributed by atoms with Crippen LogP contribution in [0.4, 0.5) is 0 Å². The summed E-state index contributed by atoms with van der Waals surface area (Å²) in [4.78, 5) is 31.8. The molecule has 2 amide bonds. The summed E-state index contributed by atoms with van der Waals surface area (Å²) < 4.78 is 0. The maximum atomic E-state index is 12.8. The van der Waals surface area contributed by atoms with Gasteiger partial charge in [-0.3, -0.25) is 9.59 Å². The number of nitriles is 1. The van der Waals surface area contributed by atoms with Gasteiger partial charge in [0, 0.05) is 26.7 Å². The first-order valence-corrected chi connectivity index (χ1v) is 9.28. The van der Waals surface area contributed by atoms with Crippen molar-refractivity contribution in [2.24, 2.45) is 5.92 Å². The maximum Gasteiger partial charge on any atom is 0.270 e. The number of likely N-dealkylation sites (tertiary alicyclic amines) is 1. The Hall–Kier alpha value is -3.07. The summed E-state index contributed by atoms with van der Waals surface area (Å²) in [6, 6.07) is 13.4. The lowest BCUT2D eigenvalue weighted by molar-refractivity contribution is -0.132. The van der Waals surface area contributed by atoms with Gasteiger partial charge in [-0.15, -0.1) is 0 Å². The lowest BCUT2D eigenvalue weighted by atomic mass is 9.77. The molecule has 1 aliphatic carbocycles. The second-order valence-corrected chi connectivity index (χ2v) is 7.48. The van der Waals surface area contributed by atoms with Gasteiger partial charge in [0.1, 0.15) is 17.5 Å². The molecule has 0 bridgehead atoms. The van der Waals surface area contributed by atoms with E-state index < -0.39 is 0 Å². The van der Waals surface area contributed by atoms with Gasteiger partial charge in [-0.25, -0.2) is 0 Å². The summed E-state index contributed by atoms with van der Waals surface area (Å²) in [7, 11) is 1.86. The molecular weight excluding hydrogens is 340 g/mol. The molecule has 0 spiro atoms. The van der Waals surface area contributed by atoms with Gasteiger partial charge < -0.3 is 14.8 Å². The Bertz CT molecular complexity index is 926. The topological polar surface area (TPSA) is 80.2 Å². The molecule has 1 aromatic carbocycles. The standard InChI is InChI=1S/C21H22N4O2/c1-24(20(26)18-10-15-4-2-3-5-17(15)18)12-14-8-9-25(13-14)21(27)19-7-6-16(11-22)23-19/h2-7,14,18,23H,8-10,12-13H2,1H3. The number of aromatic amines is 1. The number of carbonyl (C=O) groups excluding carboxylic acids is 2. The normalized spacial score (nSPS) is 20.5. The average Bonchev–Trinajstić information content (AvgIpc) is 3.31. The molecule has 1 saturated heterocycles. The molecule has 2 unspecified atom stereocenters. The molecule has 2 heterocycles. The van der Waals surface area contributed by atoms with Crippen LogP contribution in [-0.4, -0.2) is 53.3 Å². The van der Waals surface area contributed by atoms with E-state index in [1.54, 1.807) is 17.0 Å². The van der Waals surface area contributed by atoms with Crippen molar-refractivity contribution in [1.29, 1.82) is 5.26 Å². The van der Waals surface area contributed by atoms with Crippen LogP contribution in [0, 0.1) is 17.2 Å². The highest BCUT2D eigenvalue weighted by atomic mass is 16.2. The van der Waals surface area contributed by atoms with E-state index in [0.29, 0.717) is 31.0 Å². The smallest absolute Gasteiger partial charge is 0.270 e. The molecule has 1 N–H and O–H groups in total. The minimum atomic E-state index is -0.0825. The maximum absolute atomic E-state index is 12.8. The van der Waals surface area contributed by atoms with Crippen LogP contribution < -0.4 is 0 Å². The Kier molecular flexibility index (Phi) is 4.44. The monoisotopic (exact) mass is 362 g/mol. The van der Waals surface area contributed by atoms with Crippen LogP contribution in [0.25, 0.3) is 0 Å². The summed E-state index contributed by atoms with van der Waals surface area (Å²) >= 11 is 0. The molecular formula is C21H22N4O2. The van der Waals surface area contributed by atoms with E-state index in [1.165, 1.54) is 5.56 Å². The fraction of sp³-hybridized carbons (Fsp3) is 0.381. The average molecular weight is 362 g/mol. The second kappa shape index (κ2) is 6.92. The van der Waals surface area contributed by atoms with Crippen molar-refractivity contribution in [3.63, 3.8) is 0 Å². The third-order valence-corrected chi connectivity index (χ3v) is 5.67. The second-order valence-electron chi connectivity index (χ2n) is 7.48. The fourth-order valence-electron chi connectivity index (χ4n) is 4.14. The lowest BCUT2D eigenvalue weighted by Gasteiger charge is -2.33. The van der Waals surface area contributed by atoms with E-state index in [-0.39, 0.29) is 23.7 Å². The van der Waals surface area contributed by atoms with Gasteiger partial charge in [-0.05, 0) is 42.0 Å². The van der Waals surface area contributed by atoms with Gasteiger partial charge >= 0.3 is 0 Å². The molecule has 2 aliphatic rings. The predicted molar refractivity (Wildman–Crippen MR) is 100 cm³/mol. The molecule has 2 atom stereocenters. The molecule has 1 aliphatic heterocycles. The third-order valence-electron chi connectivity index (χ3n) is 5.67. The van der Waals surface area contributed by atoms with Crippen LogP contribution in [-0.2, 0) is 11.2 Å². The number of likely N-dealkylation sites (N-methyl/N-ethyl adjacent to an activating group) is 1. The number of carbonyl (C=O) groups is 2. The molecule has 6 nitrogen and oxygen atoms in total. The largest absolute Gasteiger partial charge is 0.345 e. The SMILES string of the molecule is CN(CC1CCN(C(=O)c2ccc(C#N)[nH]2)C1)C(=O)C1Cc2ccccc21. The van der Waals surface area contributed by atoms with E-state index in [0.717, 1.165) is 18.4 Å². The molecule has 2 aromatic rings. The Morgan fingerprint density at radius 3 is 2.85 bits per heavy atom. The van der Waals surface area contributed by atoms with Crippen LogP contribution in [0.15, 0.2) is 36.4 Å². The van der Waals surface area contributed by atoms with E-state index in [2.05, 4.69) is 11.1 Å². The minimum Gasteiger partial charge on any atom is -0.345 e. The summed E-state index contributed by atoms with van der Waals surface area (Å²) in [5, 5.41) is 8.88. The quantitative estimate of drug-likeness (QED) is 0.905.